The van der Waals surface area contributed by atoms with Gasteiger partial charge >= 0.3 is 0 Å². The summed E-state index contributed by atoms with van der Waals surface area (Å²) in [7, 11) is -1.81. The molecule has 0 nitrogen and oxygen atoms in total. The zero-order chi connectivity index (χ0) is 13.1. The van der Waals surface area contributed by atoms with Crippen LogP contribution in [0.1, 0.15) is 0 Å². The topological polar surface area (TPSA) is 0 Å². The molecule has 0 N–H and O–H groups in total. The molecule has 0 bridgehead atoms. The molecule has 0 aliphatic heterocycles. The van der Waals surface area contributed by atoms with Crippen molar-refractivity contribution in [1.29, 1.82) is 0 Å². The first-order chi connectivity index (χ1) is 7.67. The van der Waals surface area contributed by atoms with Crippen LogP contribution in [0.15, 0.2) is 30.3 Å². The van der Waals surface area contributed by atoms with E-state index in [1.165, 1.54) is 11.6 Å². The second kappa shape index (κ2) is 5.82. The van der Waals surface area contributed by atoms with Gasteiger partial charge < -0.3 is 0 Å². The minimum atomic E-state index is -0.952. The van der Waals surface area contributed by atoms with Crippen LogP contribution in [-0.2, 0) is 0 Å². The second-order valence-corrected chi connectivity index (χ2v) is 21.7. The Morgan fingerprint density at radius 1 is 0.765 bits per heavy atom. The van der Waals surface area contributed by atoms with Crippen LogP contribution in [0.3, 0.4) is 0 Å². The van der Waals surface area contributed by atoms with Crippen molar-refractivity contribution in [3.63, 3.8) is 0 Å². The molecule has 0 aromatic heterocycles. The molecular weight excluding hydrogens is 255 g/mol. The predicted octanol–water partition coefficient (Wildman–Crippen LogP) is 4.55. The van der Waals surface area contributed by atoms with Gasteiger partial charge in [-0.3, -0.25) is 0 Å². The van der Waals surface area contributed by atoms with Crippen LogP contribution in [0.5, 0.6) is 0 Å². The molecule has 0 spiro atoms. The molecule has 0 amide bonds. The van der Waals surface area contributed by atoms with Gasteiger partial charge in [0.25, 0.3) is 0 Å². The molecule has 0 atom stereocenters. The van der Waals surface area contributed by atoms with Crippen LogP contribution < -0.4 is 5.30 Å². The van der Waals surface area contributed by atoms with Gasteiger partial charge in [0.1, 0.15) is 0 Å². The first kappa shape index (κ1) is 15.1. The maximum absolute atomic E-state index is 2.51. The Morgan fingerprint density at radius 2 is 1.18 bits per heavy atom. The van der Waals surface area contributed by atoms with Crippen molar-refractivity contribution in [3.05, 3.63) is 30.3 Å². The van der Waals surface area contributed by atoms with E-state index in [-0.39, 0.29) is 7.92 Å². The fourth-order valence-electron chi connectivity index (χ4n) is 2.02. The zero-order valence-electron chi connectivity index (χ0n) is 12.2. The van der Waals surface area contributed by atoms with Gasteiger partial charge in [0.05, 0.1) is 0 Å². The molecule has 96 valence electrons. The van der Waals surface area contributed by atoms with Crippen molar-refractivity contribution >= 4 is 29.4 Å². The fraction of sp³-hybridized carbons (Fsp3) is 0.571. The van der Waals surface area contributed by atoms with E-state index in [1.54, 1.807) is 5.30 Å². The van der Waals surface area contributed by atoms with E-state index >= 15 is 0 Å². The van der Waals surface area contributed by atoms with Crippen LogP contribution in [-0.4, -0.2) is 27.7 Å². The van der Waals surface area contributed by atoms with E-state index in [9.17, 15) is 0 Å². The monoisotopic (exact) mass is 282 g/mol. The smallest absolute Gasteiger partial charge is 0.0489 e. The van der Waals surface area contributed by atoms with Crippen molar-refractivity contribution < 1.29 is 0 Å². The van der Waals surface area contributed by atoms with Crippen LogP contribution >= 0.6 is 7.92 Å². The predicted molar refractivity (Wildman–Crippen MR) is 89.4 cm³/mol. The zero-order valence-corrected chi connectivity index (χ0v) is 15.1. The fourth-order valence-corrected chi connectivity index (χ4v) is 14.7. The Hall–Kier alpha value is 0.0838. The molecule has 0 heterocycles. The minimum Gasteiger partial charge on any atom is -0.0808 e. The van der Waals surface area contributed by atoms with E-state index in [0.29, 0.717) is 0 Å². The summed E-state index contributed by atoms with van der Waals surface area (Å²) >= 11 is 0. The SMILES string of the molecule is C[Si](C)(C)CP(C[Si](C)(C)C)c1ccccc1. The van der Waals surface area contributed by atoms with Crippen LogP contribution in [0, 0.1) is 0 Å². The molecule has 0 aliphatic carbocycles. The van der Waals surface area contributed by atoms with Crippen molar-refractivity contribution in [1.82, 2.24) is 0 Å². The lowest BCUT2D eigenvalue weighted by molar-refractivity contribution is 1.60. The number of hydrogen-bond donors (Lipinski definition) is 0. The first-order valence-corrected chi connectivity index (χ1v) is 15.6. The third-order valence-electron chi connectivity index (χ3n) is 2.45. The second-order valence-electron chi connectivity index (χ2n) is 7.31. The highest BCUT2D eigenvalue weighted by Gasteiger charge is 2.26. The van der Waals surface area contributed by atoms with Gasteiger partial charge in [-0.05, 0) is 16.9 Å². The lowest BCUT2D eigenvalue weighted by Gasteiger charge is -2.30. The Labute approximate surface area is 111 Å². The molecular formula is C14H27PSi2. The molecule has 17 heavy (non-hydrogen) atoms. The number of hydrogen-bond acceptors (Lipinski definition) is 0. The van der Waals surface area contributed by atoms with Gasteiger partial charge in [0.2, 0.25) is 0 Å². The molecule has 3 heteroatoms. The molecule has 0 fully saturated rings. The van der Waals surface area contributed by atoms with Gasteiger partial charge in [-0.15, -0.1) is 0 Å². The minimum absolute atomic E-state index is 0.0916. The molecule has 0 aliphatic rings. The average molecular weight is 283 g/mol. The van der Waals surface area contributed by atoms with E-state index in [1.807, 2.05) is 0 Å². The number of benzene rings is 1. The molecule has 1 aromatic rings. The summed E-state index contributed by atoms with van der Waals surface area (Å²) in [6.45, 7) is 15.1. The molecule has 0 saturated carbocycles. The largest absolute Gasteiger partial charge is 0.0808 e. The average Bonchev–Trinajstić information content (AvgIpc) is 2.14. The summed E-state index contributed by atoms with van der Waals surface area (Å²) in [5.74, 6) is 2.99. The standard InChI is InChI=1S/C14H27PSi2/c1-16(2,3)12-15(13-17(4,5)6)14-10-8-7-9-11-14/h7-11H,12-13H2,1-6H3. The van der Waals surface area contributed by atoms with Crippen LogP contribution in [0.2, 0.25) is 39.3 Å². The normalized spacial score (nSPS) is 13.1. The summed E-state index contributed by atoms with van der Waals surface area (Å²) in [5.41, 5.74) is 0. The van der Waals surface area contributed by atoms with E-state index in [4.69, 9.17) is 0 Å². The van der Waals surface area contributed by atoms with E-state index in [2.05, 4.69) is 69.6 Å². The Bertz CT molecular complexity index is 319. The summed E-state index contributed by atoms with van der Waals surface area (Å²) in [6.07, 6.45) is 0. The van der Waals surface area contributed by atoms with E-state index < -0.39 is 16.1 Å². The molecule has 0 unspecified atom stereocenters. The summed E-state index contributed by atoms with van der Waals surface area (Å²) < 4.78 is 0. The third kappa shape index (κ3) is 6.54. The quantitative estimate of drug-likeness (QED) is 0.549. The Morgan fingerprint density at radius 3 is 1.53 bits per heavy atom. The Kier molecular flexibility index (Phi) is 5.18. The first-order valence-electron chi connectivity index (χ1n) is 6.47. The van der Waals surface area contributed by atoms with Gasteiger partial charge in [0, 0.05) is 16.1 Å². The highest BCUT2D eigenvalue weighted by atomic mass is 31.1. The summed E-state index contributed by atoms with van der Waals surface area (Å²) in [5, 5.41) is 1.63. The summed E-state index contributed by atoms with van der Waals surface area (Å²) in [4.78, 5) is 0. The lowest BCUT2D eigenvalue weighted by atomic mass is 10.4. The van der Waals surface area contributed by atoms with Crippen molar-refractivity contribution in [2.75, 3.05) is 11.6 Å². The van der Waals surface area contributed by atoms with Gasteiger partial charge in [-0.2, -0.15) is 0 Å². The van der Waals surface area contributed by atoms with Crippen LogP contribution in [0.25, 0.3) is 0 Å². The van der Waals surface area contributed by atoms with Gasteiger partial charge in [-0.1, -0.05) is 77.5 Å². The van der Waals surface area contributed by atoms with Crippen molar-refractivity contribution in [2.45, 2.75) is 39.3 Å². The van der Waals surface area contributed by atoms with Crippen molar-refractivity contribution in [3.8, 4) is 0 Å². The third-order valence-corrected chi connectivity index (χ3v) is 14.1. The maximum Gasteiger partial charge on any atom is 0.0489 e. The highest BCUT2D eigenvalue weighted by molar-refractivity contribution is 7.70. The van der Waals surface area contributed by atoms with E-state index in [0.717, 1.165) is 0 Å². The molecule has 0 radical (unpaired) electrons. The lowest BCUT2D eigenvalue weighted by Crippen LogP contribution is -2.34. The number of rotatable bonds is 5. The Balaban J connectivity index is 2.87. The molecule has 0 saturated heterocycles. The van der Waals surface area contributed by atoms with Gasteiger partial charge in [0.15, 0.2) is 0 Å². The highest BCUT2D eigenvalue weighted by Crippen LogP contribution is 2.39. The summed E-state index contributed by atoms with van der Waals surface area (Å²) in [6, 6.07) is 11.3. The molecule has 1 aromatic carbocycles. The van der Waals surface area contributed by atoms with Crippen LogP contribution in [0.4, 0.5) is 0 Å². The molecule has 1 rings (SSSR count). The van der Waals surface area contributed by atoms with Gasteiger partial charge in [-0.25, -0.2) is 0 Å². The maximum atomic E-state index is 2.51. The van der Waals surface area contributed by atoms with Crippen molar-refractivity contribution in [2.24, 2.45) is 0 Å².